The van der Waals surface area contributed by atoms with Crippen LogP contribution in [0.1, 0.15) is 68.2 Å². The molecule has 1 unspecified atom stereocenters. The molecule has 0 heterocycles. The second-order valence-corrected chi connectivity index (χ2v) is 3.21. The van der Waals surface area contributed by atoms with Crippen LogP contribution in [0.25, 0.3) is 5.41 Å². The molecular formula is C18H36F3NU. The smallest absolute Gasteiger partial charge is 0.814 e. The van der Waals surface area contributed by atoms with Crippen molar-refractivity contribution in [2.45, 2.75) is 74.4 Å². The van der Waals surface area contributed by atoms with Crippen LogP contribution >= 0.6 is 0 Å². The van der Waals surface area contributed by atoms with Gasteiger partial charge in [-0.2, -0.15) is 13.2 Å². The molecule has 0 saturated heterocycles. The van der Waals surface area contributed by atoms with Crippen LogP contribution in [0.3, 0.4) is 0 Å². The number of nitrogens with zero attached hydrogens (tertiary/aromatic N) is 1. The van der Waals surface area contributed by atoms with Gasteiger partial charge < -0.3 is 12.8 Å². The third-order valence-electron chi connectivity index (χ3n) is 2.05. The number of rotatable bonds is 5. The first-order chi connectivity index (χ1) is 9.95. The number of allylic oxidation sites excluding steroid dienone is 4. The van der Waals surface area contributed by atoms with Gasteiger partial charge in [-0.15, -0.1) is 0 Å². The normalized spacial score (nSPS) is 11.0. The third kappa shape index (κ3) is 27.2. The monoisotopic (exact) mass is 561 g/mol. The van der Waals surface area contributed by atoms with E-state index in [-0.39, 0.29) is 50.9 Å². The van der Waals surface area contributed by atoms with Crippen LogP contribution in [0.5, 0.6) is 0 Å². The number of halogens is 3. The fourth-order valence-corrected chi connectivity index (χ4v) is 1.07. The SMILES string of the molecule is C/C=C\C(=CCC(C=[N-])CC)C(F)(F)F.CC.CC.CC.[CH3-].[U+2]. The molecule has 0 saturated carbocycles. The van der Waals surface area contributed by atoms with Crippen molar-refractivity contribution in [3.8, 4) is 0 Å². The van der Waals surface area contributed by atoms with Gasteiger partial charge in [-0.3, -0.25) is 0 Å². The molecule has 23 heavy (non-hydrogen) atoms. The standard InChI is InChI=1S/C11H15F3N.3C2H6.CH3.U/c1-3-5-10(11(12,13)14)7-6-9(4-2)8-15;3*1-2;;/h3,5,7-9H,4,6H2,1-2H3;3*1-2H3;1H3;/q-1;;;;-1;+2/b5-3-,10-7?;;;;;. The molecule has 0 aliphatic carbocycles. The van der Waals surface area contributed by atoms with E-state index in [1.54, 1.807) is 0 Å². The fraction of sp³-hybridized carbons (Fsp3) is 0.667. The molecule has 0 bridgehead atoms. The van der Waals surface area contributed by atoms with Gasteiger partial charge in [0, 0.05) is 0 Å². The summed E-state index contributed by atoms with van der Waals surface area (Å²) in [5.41, 5.74) is -0.662. The minimum Gasteiger partial charge on any atom is -0.814 e. The summed E-state index contributed by atoms with van der Waals surface area (Å²) >= 11 is 0. The topological polar surface area (TPSA) is 22.3 Å². The molecule has 0 aromatic carbocycles. The number of alkyl halides is 3. The molecule has 1 nitrogen and oxygen atoms in total. The second kappa shape index (κ2) is 29.9. The molecule has 0 radical (unpaired) electrons. The molecule has 0 aromatic rings. The number of hydrogen-bond acceptors (Lipinski definition) is 0. The van der Waals surface area contributed by atoms with E-state index in [1.165, 1.54) is 13.0 Å². The maximum atomic E-state index is 12.4. The van der Waals surface area contributed by atoms with Crippen molar-refractivity contribution >= 4 is 6.21 Å². The van der Waals surface area contributed by atoms with Gasteiger partial charge in [-0.05, 0) is 19.3 Å². The Kier molecular flexibility index (Phi) is 50.1. The van der Waals surface area contributed by atoms with Crippen LogP contribution in [-0.4, -0.2) is 12.4 Å². The van der Waals surface area contributed by atoms with Gasteiger partial charge in [0.15, 0.2) is 0 Å². The van der Waals surface area contributed by atoms with E-state index in [2.05, 4.69) is 0 Å². The van der Waals surface area contributed by atoms with Crippen LogP contribution in [0, 0.1) is 44.5 Å². The summed E-state index contributed by atoms with van der Waals surface area (Å²) in [6.45, 7) is 15.4. The second-order valence-electron chi connectivity index (χ2n) is 3.21. The fourth-order valence-electron chi connectivity index (χ4n) is 1.07. The Balaban J connectivity index is -0.0000000804. The van der Waals surface area contributed by atoms with E-state index in [4.69, 9.17) is 5.41 Å². The summed E-state index contributed by atoms with van der Waals surface area (Å²) in [7, 11) is 0. The summed E-state index contributed by atoms with van der Waals surface area (Å²) in [4.78, 5) is 0. The molecule has 0 aliphatic heterocycles. The molecule has 0 aromatic heterocycles. The molecule has 0 N–H and O–H groups in total. The van der Waals surface area contributed by atoms with Crippen LogP contribution in [0.4, 0.5) is 13.2 Å². The summed E-state index contributed by atoms with van der Waals surface area (Å²) in [6, 6.07) is 0. The Labute approximate surface area is 167 Å². The first-order valence-corrected chi connectivity index (χ1v) is 7.83. The van der Waals surface area contributed by atoms with Crippen LogP contribution in [0.15, 0.2) is 23.8 Å². The maximum absolute atomic E-state index is 12.4. The van der Waals surface area contributed by atoms with E-state index >= 15 is 0 Å². The van der Waals surface area contributed by atoms with Gasteiger partial charge in [-0.1, -0.05) is 73.1 Å². The van der Waals surface area contributed by atoms with E-state index in [0.717, 1.165) is 18.4 Å². The third-order valence-corrected chi connectivity index (χ3v) is 2.05. The summed E-state index contributed by atoms with van der Waals surface area (Å²) in [5, 5.41) is 8.72. The van der Waals surface area contributed by atoms with Gasteiger partial charge in [0.1, 0.15) is 0 Å². The predicted molar refractivity (Wildman–Crippen MR) is 97.2 cm³/mol. The van der Waals surface area contributed by atoms with Crippen molar-refractivity contribution < 1.29 is 44.3 Å². The molecule has 0 aliphatic rings. The van der Waals surface area contributed by atoms with Crippen LogP contribution in [-0.2, 0) is 0 Å². The van der Waals surface area contributed by atoms with Crippen molar-refractivity contribution in [3.05, 3.63) is 36.6 Å². The quantitative estimate of drug-likeness (QED) is 0.187. The minimum absolute atomic E-state index is 0. The largest absolute Gasteiger partial charge is 2.00 e. The maximum Gasteiger partial charge on any atom is 2.00 e. The molecule has 138 valence electrons. The Hall–Kier alpha value is -0.00805. The van der Waals surface area contributed by atoms with Gasteiger partial charge in [0.05, 0.1) is 5.57 Å². The average molecular weight is 562 g/mol. The Morgan fingerprint density at radius 3 is 1.65 bits per heavy atom. The van der Waals surface area contributed by atoms with E-state index in [9.17, 15) is 13.2 Å². The summed E-state index contributed by atoms with van der Waals surface area (Å²) < 4.78 is 37.1. The van der Waals surface area contributed by atoms with Gasteiger partial charge in [0.2, 0.25) is 0 Å². The van der Waals surface area contributed by atoms with Crippen molar-refractivity contribution in [2.75, 3.05) is 0 Å². The van der Waals surface area contributed by atoms with Crippen LogP contribution in [0.2, 0.25) is 0 Å². The van der Waals surface area contributed by atoms with Crippen LogP contribution < -0.4 is 0 Å². The van der Waals surface area contributed by atoms with Gasteiger partial charge in [0.25, 0.3) is 0 Å². The van der Waals surface area contributed by atoms with Crippen molar-refractivity contribution in [1.82, 2.24) is 0 Å². The average Bonchev–Trinajstić information content (AvgIpc) is 2.52. The molecule has 1 atom stereocenters. The summed E-state index contributed by atoms with van der Waals surface area (Å²) in [5.74, 6) is -0.215. The molecule has 5 heteroatoms. The van der Waals surface area contributed by atoms with Gasteiger partial charge in [-0.25, -0.2) is 6.21 Å². The van der Waals surface area contributed by atoms with Crippen molar-refractivity contribution in [1.29, 1.82) is 0 Å². The number of hydrogen-bond donors (Lipinski definition) is 0. The Morgan fingerprint density at radius 2 is 1.43 bits per heavy atom. The molecule has 0 rings (SSSR count). The first-order valence-electron chi connectivity index (χ1n) is 7.83. The predicted octanol–water partition coefficient (Wildman–Crippen LogP) is 7.64. The molecule has 0 spiro atoms. The van der Waals surface area contributed by atoms with Gasteiger partial charge >= 0.3 is 37.3 Å². The zero-order valence-electron chi connectivity index (χ0n) is 16.4. The zero-order valence-corrected chi connectivity index (χ0v) is 20.5. The van der Waals surface area contributed by atoms with E-state index < -0.39 is 11.7 Å². The van der Waals surface area contributed by atoms with Crippen molar-refractivity contribution in [2.24, 2.45) is 5.92 Å². The molecule has 0 amide bonds. The Bertz CT molecular complexity index is 259. The zero-order chi connectivity index (χ0) is 17.9. The summed E-state index contributed by atoms with van der Waals surface area (Å²) in [6.07, 6.45) is 0.939. The Morgan fingerprint density at radius 1 is 1.04 bits per heavy atom. The van der Waals surface area contributed by atoms with E-state index in [0.29, 0.717) is 6.42 Å². The minimum atomic E-state index is -4.32. The van der Waals surface area contributed by atoms with E-state index in [1.807, 2.05) is 48.5 Å². The van der Waals surface area contributed by atoms with Crippen molar-refractivity contribution in [3.63, 3.8) is 0 Å². The first kappa shape index (κ1) is 38.5. The molecular weight excluding hydrogens is 525 g/mol. The molecule has 0 fully saturated rings.